The lowest BCUT2D eigenvalue weighted by molar-refractivity contribution is 0.0950. The monoisotopic (exact) mass is 351 g/mol. The number of hydrogen-bond acceptors (Lipinski definition) is 4. The molecule has 3 rings (SSSR count). The summed E-state index contributed by atoms with van der Waals surface area (Å²) in [6.45, 7) is 2.50. The molecule has 0 bridgehead atoms. The van der Waals surface area contributed by atoms with Gasteiger partial charge in [-0.1, -0.05) is 37.3 Å². The number of rotatable bonds is 6. The molecule has 0 saturated heterocycles. The van der Waals surface area contributed by atoms with Crippen LogP contribution in [-0.4, -0.2) is 22.4 Å². The number of nitrogens with one attached hydrogen (secondary N) is 1. The van der Waals surface area contributed by atoms with E-state index in [0.29, 0.717) is 18.1 Å². The van der Waals surface area contributed by atoms with Gasteiger partial charge in [0.15, 0.2) is 5.82 Å². The lowest BCUT2D eigenvalue weighted by Gasteiger charge is -2.11. The van der Waals surface area contributed by atoms with E-state index in [4.69, 9.17) is 4.74 Å². The molecule has 0 atom stereocenters. The lowest BCUT2D eigenvalue weighted by Crippen LogP contribution is -2.25. The van der Waals surface area contributed by atoms with Crippen LogP contribution in [0.4, 0.5) is 4.39 Å². The van der Waals surface area contributed by atoms with E-state index in [1.54, 1.807) is 0 Å². The molecule has 6 heteroatoms. The quantitative estimate of drug-likeness (QED) is 0.722. The Balaban J connectivity index is 1.98. The molecular formula is C20H18FN3O2. The number of aromatic nitrogens is 2. The van der Waals surface area contributed by atoms with Crippen molar-refractivity contribution < 1.29 is 13.9 Å². The summed E-state index contributed by atoms with van der Waals surface area (Å²) in [4.78, 5) is 21.1. The molecule has 5 nitrogen and oxygen atoms in total. The average molecular weight is 351 g/mol. The number of nitrogens with zero attached hydrogens (tertiary/aromatic N) is 2. The molecule has 1 heterocycles. The standard InChI is InChI=1S/C20H18FN3O2/c1-2-12-22-19(25)17-13-23-18(14-6-4-3-5-7-14)24-20(17)26-16-10-8-15(21)9-11-16/h3-11,13H,2,12H2,1H3,(H,22,25). The van der Waals surface area contributed by atoms with Crippen molar-refractivity contribution in [3.63, 3.8) is 0 Å². The first-order valence-electron chi connectivity index (χ1n) is 8.31. The fourth-order valence-corrected chi connectivity index (χ4v) is 2.27. The van der Waals surface area contributed by atoms with Crippen LogP contribution in [0.5, 0.6) is 11.6 Å². The molecule has 0 aliphatic carbocycles. The highest BCUT2D eigenvalue weighted by molar-refractivity contribution is 5.96. The minimum absolute atomic E-state index is 0.124. The minimum atomic E-state index is -0.370. The van der Waals surface area contributed by atoms with E-state index in [0.717, 1.165) is 12.0 Å². The fourth-order valence-electron chi connectivity index (χ4n) is 2.27. The molecule has 0 aliphatic rings. The van der Waals surface area contributed by atoms with E-state index in [9.17, 15) is 9.18 Å². The minimum Gasteiger partial charge on any atom is -0.438 e. The largest absolute Gasteiger partial charge is 0.438 e. The Morgan fingerprint density at radius 1 is 1.12 bits per heavy atom. The topological polar surface area (TPSA) is 64.1 Å². The van der Waals surface area contributed by atoms with Gasteiger partial charge in [-0.25, -0.2) is 9.37 Å². The van der Waals surface area contributed by atoms with Gasteiger partial charge in [-0.3, -0.25) is 4.79 Å². The maximum absolute atomic E-state index is 13.1. The summed E-state index contributed by atoms with van der Waals surface area (Å²) in [5, 5.41) is 2.78. The highest BCUT2D eigenvalue weighted by atomic mass is 19.1. The van der Waals surface area contributed by atoms with E-state index in [1.165, 1.54) is 30.5 Å². The number of halogens is 1. The van der Waals surface area contributed by atoms with E-state index in [2.05, 4.69) is 15.3 Å². The Hall–Kier alpha value is -3.28. The summed E-state index contributed by atoms with van der Waals surface area (Å²) in [7, 11) is 0. The highest BCUT2D eigenvalue weighted by Gasteiger charge is 2.17. The number of hydrogen-bond donors (Lipinski definition) is 1. The van der Waals surface area contributed by atoms with E-state index < -0.39 is 0 Å². The second-order valence-electron chi connectivity index (χ2n) is 5.59. The van der Waals surface area contributed by atoms with Crippen molar-refractivity contribution in [1.29, 1.82) is 0 Å². The SMILES string of the molecule is CCCNC(=O)c1cnc(-c2ccccc2)nc1Oc1ccc(F)cc1. The first-order valence-corrected chi connectivity index (χ1v) is 8.31. The number of carbonyl (C=O) groups excluding carboxylic acids is 1. The van der Waals surface area contributed by atoms with Crippen LogP contribution in [0.3, 0.4) is 0 Å². The zero-order chi connectivity index (χ0) is 18.4. The van der Waals surface area contributed by atoms with Gasteiger partial charge in [0, 0.05) is 18.3 Å². The molecule has 1 N–H and O–H groups in total. The predicted octanol–water partition coefficient (Wildman–Crippen LogP) is 4.21. The number of amides is 1. The van der Waals surface area contributed by atoms with Gasteiger partial charge >= 0.3 is 0 Å². The number of carbonyl (C=O) groups is 1. The fraction of sp³-hybridized carbons (Fsp3) is 0.150. The van der Waals surface area contributed by atoms with Crippen molar-refractivity contribution in [3.05, 3.63) is 72.2 Å². The normalized spacial score (nSPS) is 10.4. The van der Waals surface area contributed by atoms with Crippen molar-refractivity contribution in [2.75, 3.05) is 6.54 Å². The first kappa shape index (κ1) is 17.5. The second kappa shape index (κ2) is 8.20. The molecule has 3 aromatic rings. The van der Waals surface area contributed by atoms with Crippen molar-refractivity contribution in [2.45, 2.75) is 13.3 Å². The molecule has 1 amide bonds. The van der Waals surface area contributed by atoms with E-state index >= 15 is 0 Å². The summed E-state index contributed by atoms with van der Waals surface area (Å²) in [6.07, 6.45) is 2.25. The van der Waals surface area contributed by atoms with Crippen LogP contribution in [0, 0.1) is 5.82 Å². The molecule has 0 radical (unpaired) electrons. The van der Waals surface area contributed by atoms with Crippen LogP contribution in [0.1, 0.15) is 23.7 Å². The Morgan fingerprint density at radius 2 is 1.85 bits per heavy atom. The summed E-state index contributed by atoms with van der Waals surface area (Å²) in [6, 6.07) is 14.9. The first-order chi connectivity index (χ1) is 12.7. The lowest BCUT2D eigenvalue weighted by atomic mass is 10.2. The Kier molecular flexibility index (Phi) is 5.53. The van der Waals surface area contributed by atoms with Crippen LogP contribution in [-0.2, 0) is 0 Å². The number of benzene rings is 2. The smallest absolute Gasteiger partial charge is 0.258 e. The van der Waals surface area contributed by atoms with Gasteiger partial charge in [-0.2, -0.15) is 4.98 Å². The van der Waals surface area contributed by atoms with Crippen molar-refractivity contribution >= 4 is 5.91 Å². The van der Waals surface area contributed by atoms with Gasteiger partial charge in [0.1, 0.15) is 17.1 Å². The van der Waals surface area contributed by atoms with E-state index in [-0.39, 0.29) is 23.2 Å². The molecule has 0 aliphatic heterocycles. The third-order valence-corrected chi connectivity index (χ3v) is 3.59. The van der Waals surface area contributed by atoms with E-state index in [1.807, 2.05) is 37.3 Å². The molecule has 0 unspecified atom stereocenters. The molecule has 26 heavy (non-hydrogen) atoms. The molecule has 2 aromatic carbocycles. The second-order valence-corrected chi connectivity index (χ2v) is 5.59. The summed E-state index contributed by atoms with van der Waals surface area (Å²) >= 11 is 0. The predicted molar refractivity (Wildman–Crippen MR) is 96.6 cm³/mol. The maximum atomic E-state index is 13.1. The summed E-state index contributed by atoms with van der Waals surface area (Å²) in [5.74, 6) is 0.261. The van der Waals surface area contributed by atoms with Crippen molar-refractivity contribution in [1.82, 2.24) is 15.3 Å². The van der Waals surface area contributed by atoms with Gasteiger partial charge in [0.2, 0.25) is 5.88 Å². The Morgan fingerprint density at radius 3 is 2.54 bits per heavy atom. The third kappa shape index (κ3) is 4.22. The Bertz CT molecular complexity index is 883. The van der Waals surface area contributed by atoms with Gasteiger partial charge in [0.05, 0.1) is 0 Å². The third-order valence-electron chi connectivity index (χ3n) is 3.59. The molecule has 0 saturated carbocycles. The molecule has 132 valence electrons. The molecule has 0 fully saturated rings. The maximum Gasteiger partial charge on any atom is 0.258 e. The zero-order valence-corrected chi connectivity index (χ0v) is 14.3. The van der Waals surface area contributed by atoms with Crippen molar-refractivity contribution in [3.8, 4) is 23.0 Å². The van der Waals surface area contributed by atoms with Gasteiger partial charge in [-0.15, -0.1) is 0 Å². The summed E-state index contributed by atoms with van der Waals surface area (Å²) in [5.41, 5.74) is 1.03. The Labute approximate surface area is 150 Å². The van der Waals surface area contributed by atoms with Crippen LogP contribution >= 0.6 is 0 Å². The highest BCUT2D eigenvalue weighted by Crippen LogP contribution is 2.26. The van der Waals surface area contributed by atoms with Crippen LogP contribution in [0.25, 0.3) is 11.4 Å². The van der Waals surface area contributed by atoms with Gasteiger partial charge in [-0.05, 0) is 30.7 Å². The molecule has 1 aromatic heterocycles. The number of ether oxygens (including phenoxy) is 1. The van der Waals surface area contributed by atoms with Gasteiger partial charge in [0.25, 0.3) is 5.91 Å². The average Bonchev–Trinajstić information content (AvgIpc) is 2.68. The van der Waals surface area contributed by atoms with Gasteiger partial charge < -0.3 is 10.1 Å². The van der Waals surface area contributed by atoms with Crippen LogP contribution in [0.2, 0.25) is 0 Å². The van der Waals surface area contributed by atoms with Crippen LogP contribution < -0.4 is 10.1 Å². The molecular weight excluding hydrogens is 333 g/mol. The molecule has 0 spiro atoms. The zero-order valence-electron chi connectivity index (χ0n) is 14.3. The van der Waals surface area contributed by atoms with Crippen molar-refractivity contribution in [2.24, 2.45) is 0 Å². The van der Waals surface area contributed by atoms with Crippen LogP contribution in [0.15, 0.2) is 60.8 Å². The summed E-state index contributed by atoms with van der Waals surface area (Å²) < 4.78 is 18.9.